The highest BCUT2D eigenvalue weighted by Gasteiger charge is 2.17. The number of nitrogens with zero attached hydrogens (tertiary/aromatic N) is 1. The molecule has 21 heavy (non-hydrogen) atoms. The third-order valence-electron chi connectivity index (χ3n) is 4.67. The Hall–Kier alpha value is -0.800. The molecule has 3 nitrogen and oxygen atoms in total. The van der Waals surface area contributed by atoms with E-state index in [0.29, 0.717) is 6.04 Å². The van der Waals surface area contributed by atoms with Gasteiger partial charge in [-0.15, -0.1) is 0 Å². The first-order valence-corrected chi connectivity index (χ1v) is 8.62. The molecule has 1 aliphatic rings. The molecule has 1 atom stereocenters. The maximum absolute atomic E-state index is 5.89. The molecule has 1 aromatic rings. The molecule has 120 valence electrons. The minimum absolute atomic E-state index is 0.496. The average molecular weight is 292 g/mol. The molecule has 2 rings (SSSR count). The van der Waals surface area contributed by atoms with Crippen LogP contribution in [0.3, 0.4) is 0 Å². The standard InChI is InChI=1S/C18H32N2O/c1-5-16-7-6-9-20(10-8-16)13-17-11-18(21-15(17)4)12-19-14(2)3/h11,14,16,19H,5-10,12-13H2,1-4H3. The summed E-state index contributed by atoms with van der Waals surface area (Å²) in [6.45, 7) is 13.1. The highest BCUT2D eigenvalue weighted by Crippen LogP contribution is 2.23. The fourth-order valence-corrected chi connectivity index (χ4v) is 3.17. The summed E-state index contributed by atoms with van der Waals surface area (Å²) in [5, 5.41) is 3.42. The highest BCUT2D eigenvalue weighted by atomic mass is 16.3. The van der Waals surface area contributed by atoms with Crippen LogP contribution < -0.4 is 5.32 Å². The summed E-state index contributed by atoms with van der Waals surface area (Å²) >= 11 is 0. The molecule has 1 aliphatic heterocycles. The van der Waals surface area contributed by atoms with Crippen LogP contribution in [0.15, 0.2) is 10.5 Å². The van der Waals surface area contributed by atoms with Gasteiger partial charge in [0.2, 0.25) is 0 Å². The van der Waals surface area contributed by atoms with Crippen molar-refractivity contribution in [1.82, 2.24) is 10.2 Å². The second kappa shape index (κ2) is 8.00. The smallest absolute Gasteiger partial charge is 0.118 e. The van der Waals surface area contributed by atoms with Crippen molar-refractivity contribution in [1.29, 1.82) is 0 Å². The molecule has 0 aliphatic carbocycles. The third kappa shape index (κ3) is 5.15. The zero-order chi connectivity index (χ0) is 15.2. The molecule has 0 aromatic carbocycles. The van der Waals surface area contributed by atoms with Crippen LogP contribution in [-0.4, -0.2) is 24.0 Å². The van der Waals surface area contributed by atoms with E-state index in [9.17, 15) is 0 Å². The van der Waals surface area contributed by atoms with Gasteiger partial charge in [0.25, 0.3) is 0 Å². The molecule has 0 spiro atoms. The van der Waals surface area contributed by atoms with Crippen molar-refractivity contribution in [3.63, 3.8) is 0 Å². The monoisotopic (exact) mass is 292 g/mol. The van der Waals surface area contributed by atoms with Crippen molar-refractivity contribution in [3.8, 4) is 0 Å². The van der Waals surface area contributed by atoms with Crippen molar-refractivity contribution in [2.45, 2.75) is 72.5 Å². The SMILES string of the molecule is CCC1CCCN(Cc2cc(CNC(C)C)oc2C)CC1. The second-order valence-electron chi connectivity index (χ2n) is 6.81. The Bertz CT molecular complexity index is 425. The van der Waals surface area contributed by atoms with Crippen LogP contribution in [0.5, 0.6) is 0 Å². The lowest BCUT2D eigenvalue weighted by molar-refractivity contribution is 0.270. The molecule has 1 unspecified atom stereocenters. The highest BCUT2D eigenvalue weighted by molar-refractivity contribution is 5.20. The molecular formula is C18H32N2O. The predicted molar refractivity (Wildman–Crippen MR) is 88.3 cm³/mol. The van der Waals surface area contributed by atoms with E-state index in [1.165, 1.54) is 44.3 Å². The Kier molecular flexibility index (Phi) is 6.31. The maximum atomic E-state index is 5.89. The quantitative estimate of drug-likeness (QED) is 0.855. The Balaban J connectivity index is 1.90. The van der Waals surface area contributed by atoms with E-state index in [0.717, 1.165) is 30.5 Å². The van der Waals surface area contributed by atoms with Gasteiger partial charge >= 0.3 is 0 Å². The van der Waals surface area contributed by atoms with Crippen molar-refractivity contribution >= 4 is 0 Å². The van der Waals surface area contributed by atoms with E-state index in [1.807, 2.05) is 0 Å². The van der Waals surface area contributed by atoms with Gasteiger partial charge in [-0.25, -0.2) is 0 Å². The van der Waals surface area contributed by atoms with Crippen LogP contribution in [0.4, 0.5) is 0 Å². The molecule has 0 saturated carbocycles. The summed E-state index contributed by atoms with van der Waals surface area (Å²) in [6.07, 6.45) is 5.44. The number of hydrogen-bond acceptors (Lipinski definition) is 3. The normalized spacial score (nSPS) is 20.9. The number of hydrogen-bond donors (Lipinski definition) is 1. The van der Waals surface area contributed by atoms with Gasteiger partial charge in [-0.05, 0) is 51.3 Å². The second-order valence-corrected chi connectivity index (χ2v) is 6.81. The zero-order valence-corrected chi connectivity index (χ0v) is 14.2. The Morgan fingerprint density at radius 2 is 2.14 bits per heavy atom. The number of rotatable bonds is 6. The van der Waals surface area contributed by atoms with Crippen LogP contribution in [0.2, 0.25) is 0 Å². The van der Waals surface area contributed by atoms with E-state index in [1.54, 1.807) is 0 Å². The minimum Gasteiger partial charge on any atom is -0.465 e. The zero-order valence-electron chi connectivity index (χ0n) is 14.2. The van der Waals surface area contributed by atoms with Crippen LogP contribution in [-0.2, 0) is 13.1 Å². The fourth-order valence-electron chi connectivity index (χ4n) is 3.17. The molecule has 0 amide bonds. The van der Waals surface area contributed by atoms with Crippen LogP contribution in [0.25, 0.3) is 0 Å². The van der Waals surface area contributed by atoms with Crippen molar-refractivity contribution < 1.29 is 4.42 Å². The van der Waals surface area contributed by atoms with Gasteiger partial charge in [0, 0.05) is 18.2 Å². The molecule has 1 aromatic heterocycles. The summed E-state index contributed by atoms with van der Waals surface area (Å²) in [4.78, 5) is 2.60. The van der Waals surface area contributed by atoms with Crippen LogP contribution in [0, 0.1) is 12.8 Å². The van der Waals surface area contributed by atoms with E-state index in [-0.39, 0.29) is 0 Å². The van der Waals surface area contributed by atoms with Gasteiger partial charge < -0.3 is 9.73 Å². The molecule has 1 fully saturated rings. The van der Waals surface area contributed by atoms with Gasteiger partial charge in [-0.2, -0.15) is 0 Å². The summed E-state index contributed by atoms with van der Waals surface area (Å²) in [7, 11) is 0. The summed E-state index contributed by atoms with van der Waals surface area (Å²) in [5.41, 5.74) is 1.37. The Morgan fingerprint density at radius 3 is 2.86 bits per heavy atom. The number of nitrogens with one attached hydrogen (secondary N) is 1. The summed E-state index contributed by atoms with van der Waals surface area (Å²) < 4.78 is 5.89. The number of aryl methyl sites for hydroxylation is 1. The maximum Gasteiger partial charge on any atom is 0.118 e. The topological polar surface area (TPSA) is 28.4 Å². The van der Waals surface area contributed by atoms with Gasteiger partial charge in [0.1, 0.15) is 11.5 Å². The molecule has 0 bridgehead atoms. The molecular weight excluding hydrogens is 260 g/mol. The van der Waals surface area contributed by atoms with Crippen molar-refractivity contribution in [3.05, 3.63) is 23.2 Å². The summed E-state index contributed by atoms with van der Waals surface area (Å²) in [6, 6.07) is 2.74. The fraction of sp³-hybridized carbons (Fsp3) is 0.778. The average Bonchev–Trinajstić information content (AvgIpc) is 2.66. The Morgan fingerprint density at radius 1 is 1.33 bits per heavy atom. The molecule has 2 heterocycles. The van der Waals surface area contributed by atoms with Gasteiger partial charge in [-0.1, -0.05) is 27.2 Å². The molecule has 3 heteroatoms. The van der Waals surface area contributed by atoms with Crippen LogP contribution >= 0.6 is 0 Å². The third-order valence-corrected chi connectivity index (χ3v) is 4.67. The lowest BCUT2D eigenvalue weighted by atomic mass is 9.98. The first kappa shape index (κ1) is 16.6. The van der Waals surface area contributed by atoms with Crippen LogP contribution in [0.1, 0.15) is 63.5 Å². The van der Waals surface area contributed by atoms with E-state index < -0.39 is 0 Å². The van der Waals surface area contributed by atoms with E-state index in [2.05, 4.69) is 44.0 Å². The largest absolute Gasteiger partial charge is 0.465 e. The number of furan rings is 1. The minimum atomic E-state index is 0.496. The molecule has 1 saturated heterocycles. The first-order valence-electron chi connectivity index (χ1n) is 8.62. The van der Waals surface area contributed by atoms with Crippen molar-refractivity contribution in [2.75, 3.05) is 13.1 Å². The van der Waals surface area contributed by atoms with Gasteiger partial charge in [0.15, 0.2) is 0 Å². The van der Waals surface area contributed by atoms with E-state index in [4.69, 9.17) is 4.42 Å². The predicted octanol–water partition coefficient (Wildman–Crippen LogP) is 4.10. The number of likely N-dealkylation sites (tertiary alicyclic amines) is 1. The first-order chi connectivity index (χ1) is 10.1. The molecule has 1 N–H and O–H groups in total. The summed E-state index contributed by atoms with van der Waals surface area (Å²) in [5.74, 6) is 3.09. The lowest BCUT2D eigenvalue weighted by Gasteiger charge is -2.19. The Labute approximate surface area is 130 Å². The van der Waals surface area contributed by atoms with Gasteiger partial charge in [0.05, 0.1) is 6.54 Å². The molecule has 0 radical (unpaired) electrons. The van der Waals surface area contributed by atoms with Crippen molar-refractivity contribution in [2.24, 2.45) is 5.92 Å². The van der Waals surface area contributed by atoms with E-state index >= 15 is 0 Å². The van der Waals surface area contributed by atoms with Gasteiger partial charge in [-0.3, -0.25) is 4.90 Å². The lowest BCUT2D eigenvalue weighted by Crippen LogP contribution is -2.24.